The van der Waals surface area contributed by atoms with Gasteiger partial charge in [0.05, 0.1) is 18.9 Å². The zero-order valence-electron chi connectivity index (χ0n) is 70.1. The molecule has 0 aliphatic heterocycles. The number of nitrogens with one attached hydrogen (secondary N) is 13. The molecular formula is C83H114N16O26S. The maximum Gasteiger partial charge on any atom is 0.326 e. The van der Waals surface area contributed by atoms with Crippen LogP contribution in [0.2, 0.25) is 0 Å². The molecule has 0 aliphatic rings. The Labute approximate surface area is 730 Å². The van der Waals surface area contributed by atoms with Gasteiger partial charge in [0, 0.05) is 50.7 Å². The van der Waals surface area contributed by atoms with Crippen molar-refractivity contribution in [3.8, 4) is 5.75 Å². The lowest BCUT2D eigenvalue weighted by Crippen LogP contribution is -2.62. The van der Waals surface area contributed by atoms with Crippen molar-refractivity contribution in [2.24, 2.45) is 29.0 Å². The molecule has 0 radical (unpaired) electrons. The van der Waals surface area contributed by atoms with E-state index in [-0.39, 0.29) is 63.0 Å². The second-order valence-electron chi connectivity index (χ2n) is 30.4. The van der Waals surface area contributed by atoms with Crippen LogP contribution in [0.5, 0.6) is 5.75 Å². The number of carboxylic acids is 5. The zero-order valence-corrected chi connectivity index (χ0v) is 71.0. The molecule has 0 fully saturated rings. The fraction of sp³-hybridized carbons (Fsp3) is 0.482. The van der Waals surface area contributed by atoms with Crippen LogP contribution in [0, 0.1) is 11.8 Å². The highest BCUT2D eigenvalue weighted by Gasteiger charge is 2.40. The summed E-state index contributed by atoms with van der Waals surface area (Å²) in [5.74, 6) is -25.8. The molecular weight excluding hydrogens is 1670 g/mol. The molecule has 14 amide bonds. The number of carbonyl (C=O) groups excluding carboxylic acids is 14. The van der Waals surface area contributed by atoms with Gasteiger partial charge in [0.25, 0.3) is 0 Å². The van der Waals surface area contributed by atoms with Gasteiger partial charge in [0.15, 0.2) is 0 Å². The summed E-state index contributed by atoms with van der Waals surface area (Å²) in [5.41, 5.74) is 19.1. The summed E-state index contributed by atoms with van der Waals surface area (Å²) in [7, 11) is 0. The van der Waals surface area contributed by atoms with Crippen LogP contribution in [0.1, 0.15) is 134 Å². The summed E-state index contributed by atoms with van der Waals surface area (Å²) in [5, 5.41) is 99.3. The van der Waals surface area contributed by atoms with Crippen LogP contribution in [0.3, 0.4) is 0 Å². The first kappa shape index (κ1) is 105. The Balaban J connectivity index is 1.69. The summed E-state index contributed by atoms with van der Waals surface area (Å²) >= 11 is 4.38. The number of nitrogens with two attached hydrogens (primary N) is 3. The second kappa shape index (κ2) is 53.8. The highest BCUT2D eigenvalue weighted by atomic mass is 32.1. The van der Waals surface area contributed by atoms with Gasteiger partial charge in [-0.3, -0.25) is 86.3 Å². The second-order valence-corrected chi connectivity index (χ2v) is 30.7. The molecule has 0 bridgehead atoms. The third-order valence-electron chi connectivity index (χ3n) is 19.9. The quantitative estimate of drug-likeness (QED) is 0.0150. The van der Waals surface area contributed by atoms with Gasteiger partial charge < -0.3 is 122 Å². The molecule has 4 aromatic rings. The minimum absolute atomic E-state index is 0.0256. The first-order valence-corrected chi connectivity index (χ1v) is 41.2. The van der Waals surface area contributed by atoms with E-state index in [9.17, 15) is 112 Å². The lowest BCUT2D eigenvalue weighted by atomic mass is 9.96. The Morgan fingerprint density at radius 3 is 1.01 bits per heavy atom. The molecule has 688 valence electrons. The fourth-order valence-corrected chi connectivity index (χ4v) is 12.8. The number of unbranched alkanes of at least 4 members (excludes halogenated alkanes) is 1. The van der Waals surface area contributed by atoms with Crippen LogP contribution >= 0.6 is 12.6 Å². The number of hydrogen-bond acceptors (Lipinski definition) is 24. The molecule has 43 heteroatoms. The van der Waals surface area contributed by atoms with E-state index in [0.29, 0.717) is 28.7 Å². The van der Waals surface area contributed by atoms with Gasteiger partial charge in [-0.25, -0.2) is 4.79 Å². The molecule has 0 heterocycles. The van der Waals surface area contributed by atoms with Crippen molar-refractivity contribution in [3.05, 3.63) is 138 Å². The van der Waals surface area contributed by atoms with Crippen molar-refractivity contribution in [3.63, 3.8) is 0 Å². The Morgan fingerprint density at radius 2 is 0.651 bits per heavy atom. The van der Waals surface area contributed by atoms with Crippen LogP contribution in [-0.4, -0.2) is 251 Å². The van der Waals surface area contributed by atoms with Gasteiger partial charge in [-0.1, -0.05) is 137 Å². The maximum absolute atomic E-state index is 15.2. The van der Waals surface area contributed by atoms with Crippen molar-refractivity contribution in [1.29, 1.82) is 0 Å². The average molecular weight is 1780 g/mol. The van der Waals surface area contributed by atoms with E-state index in [2.05, 4.69) is 71.1 Å². The molecule has 0 unspecified atom stereocenters. The maximum atomic E-state index is 15.2. The molecule has 42 nitrogen and oxygen atoms in total. The van der Waals surface area contributed by atoms with Crippen LogP contribution in [0.4, 0.5) is 0 Å². The predicted molar refractivity (Wildman–Crippen MR) is 452 cm³/mol. The van der Waals surface area contributed by atoms with Gasteiger partial charge in [0.1, 0.15) is 90.3 Å². The molecule has 0 spiro atoms. The molecule has 0 aliphatic carbocycles. The highest BCUT2D eigenvalue weighted by molar-refractivity contribution is 7.80. The van der Waals surface area contributed by atoms with Gasteiger partial charge in [-0.2, -0.15) is 12.6 Å². The zero-order chi connectivity index (χ0) is 94.0. The summed E-state index contributed by atoms with van der Waals surface area (Å²) in [6.07, 6.45) is -9.24. The molecule has 4 aromatic carbocycles. The van der Waals surface area contributed by atoms with Crippen molar-refractivity contribution >= 4 is 125 Å². The van der Waals surface area contributed by atoms with Gasteiger partial charge in [-0.05, 0) is 98.2 Å². The first-order chi connectivity index (χ1) is 59.5. The number of aliphatic carboxylic acids is 5. The number of benzene rings is 4. The van der Waals surface area contributed by atoms with E-state index >= 15 is 14.4 Å². The molecule has 126 heavy (non-hydrogen) atoms. The number of aliphatic hydroxyl groups excluding tert-OH is 1. The smallest absolute Gasteiger partial charge is 0.326 e. The standard InChI is InChI=1S/C83H114N16O26S/c1-6-44(4)69(99-78(119)58(94-80(121)67(86)45(5)100)39-49-25-27-50(101)28-26-49)82(123)97-61(42-126)79(120)92-57(38-48-22-14-9-15-23-48)77(118)98-68(43(2)3)81(122)95-56(37-47-20-12-8-13-21-47)75(116)91-55(36-46-18-10-7-11-19-46)74(115)90-52(29-32-62(85)102)71(112)87-51(24-16-17-35-84)70(111)88-53(30-33-63(103)104)72(113)89-54(31-34-64(105)106)73(114)93-59(40-65(107)108)76(117)96-60(83(124)125)41-66(109)110/h7-15,18-23,25-28,43-45,51-61,67-69,100-101,126H,6,16-17,24,29-42,84,86H2,1-5H3,(H2,85,102)(H,87,112)(H,88,111)(H,89,113)(H,90,115)(H,91,116)(H,92,120)(H,93,114)(H,94,121)(H,95,122)(H,96,117)(H,97,123)(H,98,118)(H,99,119)(H,103,104)(H,105,106)(H,107,108)(H,109,110)(H,124,125)/t44-,45+,51-,52-,53-,54-,55-,56-,57-,58-,59-,60-,61-,67-,68-,69-/m0/s1. The number of primary amides is 1. The third kappa shape index (κ3) is 37.5. The lowest BCUT2D eigenvalue weighted by Gasteiger charge is -2.30. The van der Waals surface area contributed by atoms with E-state index in [1.807, 2.05) is 5.32 Å². The van der Waals surface area contributed by atoms with Crippen LogP contribution in [0.25, 0.3) is 0 Å². The van der Waals surface area contributed by atoms with Crippen LogP contribution in [-0.2, 0) is 117 Å². The molecule has 16 atom stereocenters. The summed E-state index contributed by atoms with van der Waals surface area (Å²) in [4.78, 5) is 258. The van der Waals surface area contributed by atoms with Crippen LogP contribution < -0.4 is 86.3 Å². The number of phenolic OH excluding ortho intramolecular Hbond substituents is 1. The Hall–Kier alpha value is -13.2. The van der Waals surface area contributed by atoms with E-state index in [4.69, 9.17) is 17.2 Å². The van der Waals surface area contributed by atoms with E-state index < -0.39 is 266 Å². The summed E-state index contributed by atoms with van der Waals surface area (Å²) in [6, 6.07) is 6.28. The molecule has 0 aromatic heterocycles. The molecule has 0 saturated carbocycles. The minimum Gasteiger partial charge on any atom is -0.508 e. The Kier molecular flexibility index (Phi) is 44.9. The number of phenols is 1. The fourth-order valence-electron chi connectivity index (χ4n) is 12.5. The molecule has 26 N–H and O–H groups in total. The number of carbonyl (C=O) groups is 19. The van der Waals surface area contributed by atoms with E-state index in [1.165, 1.54) is 31.2 Å². The third-order valence-corrected chi connectivity index (χ3v) is 20.3. The van der Waals surface area contributed by atoms with Gasteiger partial charge in [0.2, 0.25) is 82.7 Å². The predicted octanol–water partition coefficient (Wildman–Crippen LogP) is -3.54. The number of aliphatic hydroxyl groups is 1. The van der Waals surface area contributed by atoms with Gasteiger partial charge in [-0.15, -0.1) is 0 Å². The summed E-state index contributed by atoms with van der Waals surface area (Å²) in [6.45, 7) is 7.81. The molecule has 0 saturated heterocycles. The van der Waals surface area contributed by atoms with E-state index in [0.717, 1.165) is 0 Å². The van der Waals surface area contributed by atoms with Crippen LogP contribution in [0.15, 0.2) is 115 Å². The molecule has 4 rings (SSSR count). The van der Waals surface area contributed by atoms with Crippen molar-refractivity contribution in [2.75, 3.05) is 12.3 Å². The number of hydrogen-bond donors (Lipinski definition) is 24. The number of carboxylic acid groups (broad SMARTS) is 5. The topological polar surface area (TPSA) is 700 Å². The summed E-state index contributed by atoms with van der Waals surface area (Å²) < 4.78 is 0. The minimum atomic E-state index is -2.21. The monoisotopic (exact) mass is 1780 g/mol. The number of amides is 14. The van der Waals surface area contributed by atoms with Crippen molar-refractivity contribution in [1.82, 2.24) is 69.1 Å². The van der Waals surface area contributed by atoms with Gasteiger partial charge >= 0.3 is 29.8 Å². The normalized spacial score (nSPS) is 14.9. The Bertz CT molecular complexity index is 4400. The SMILES string of the molecule is CC[C@H](C)[C@H](NC(=O)[C@H](Cc1ccc(O)cc1)NC(=O)[C@@H](N)[C@@H](C)O)C(=O)N[C@@H](CS)C(=O)N[C@@H](Cc1ccccc1)C(=O)N[C@H](C(=O)N[C@@H](Cc1ccccc1)C(=O)N[C@@H](Cc1ccccc1)C(=O)N[C@@H](CCC(N)=O)C(=O)N[C@@H](CCCCN)C(=O)N[C@@H](CCC(=O)O)C(=O)N[C@@H](CCC(=O)O)C(=O)N[C@@H](CC(=O)O)C(=O)N[C@@H](CC(=O)O)C(=O)O)C(C)C. The number of thiol groups is 1. The average Bonchev–Trinajstić information content (AvgIpc) is 0.842. The Morgan fingerprint density at radius 1 is 0.349 bits per heavy atom. The number of rotatable bonds is 57. The van der Waals surface area contributed by atoms with Crippen molar-refractivity contribution in [2.45, 2.75) is 228 Å². The largest absolute Gasteiger partial charge is 0.508 e. The lowest BCUT2D eigenvalue weighted by molar-refractivity contribution is -0.148. The van der Waals surface area contributed by atoms with Crippen molar-refractivity contribution < 1.29 is 127 Å². The van der Waals surface area contributed by atoms with E-state index in [1.54, 1.807) is 124 Å². The number of aromatic hydroxyl groups is 1. The first-order valence-electron chi connectivity index (χ1n) is 40.5. The highest BCUT2D eigenvalue weighted by Crippen LogP contribution is 2.18.